The van der Waals surface area contributed by atoms with E-state index in [1.807, 2.05) is 54.6 Å². The summed E-state index contributed by atoms with van der Waals surface area (Å²) in [6, 6.07) is 17.9. The molecule has 0 aliphatic heterocycles. The van der Waals surface area contributed by atoms with Gasteiger partial charge in [0.1, 0.15) is 0 Å². The highest BCUT2D eigenvalue weighted by molar-refractivity contribution is 6.11. The van der Waals surface area contributed by atoms with Gasteiger partial charge in [-0.15, -0.1) is 0 Å². The van der Waals surface area contributed by atoms with Gasteiger partial charge < -0.3 is 9.72 Å². The summed E-state index contributed by atoms with van der Waals surface area (Å²) in [6.07, 6.45) is -1.09. The number of fused-ring (bicyclic) bond motifs is 1. The predicted molar refractivity (Wildman–Crippen MR) is 117 cm³/mol. The highest BCUT2D eigenvalue weighted by Crippen LogP contribution is 2.24. The standard InChI is InChI=1S/C24H21N3O4/c1-14-13-20(28)22(26-27(14)17-9-5-4-6-10-17)24(30)31-16(3)23(29)21-15(2)25-19-12-8-7-11-18(19)21/h4-13,16,25H,1-3H3. The van der Waals surface area contributed by atoms with Crippen LogP contribution in [0.3, 0.4) is 0 Å². The number of hydrogen-bond donors (Lipinski definition) is 1. The third-order valence-electron chi connectivity index (χ3n) is 5.09. The lowest BCUT2D eigenvalue weighted by Gasteiger charge is -2.14. The number of esters is 1. The van der Waals surface area contributed by atoms with Crippen LogP contribution >= 0.6 is 0 Å². The minimum Gasteiger partial charge on any atom is -0.449 e. The van der Waals surface area contributed by atoms with Crippen LogP contribution in [0.4, 0.5) is 0 Å². The number of nitrogens with one attached hydrogen (secondary N) is 1. The maximum absolute atomic E-state index is 13.0. The smallest absolute Gasteiger partial charge is 0.363 e. The van der Waals surface area contributed by atoms with E-state index >= 15 is 0 Å². The summed E-state index contributed by atoms with van der Waals surface area (Å²) in [5, 5.41) is 4.95. The lowest BCUT2D eigenvalue weighted by atomic mass is 10.0. The zero-order chi connectivity index (χ0) is 22.1. The molecule has 0 amide bonds. The van der Waals surface area contributed by atoms with E-state index in [9.17, 15) is 14.4 Å². The molecule has 1 atom stereocenters. The number of H-pyrrole nitrogens is 1. The van der Waals surface area contributed by atoms with Crippen molar-refractivity contribution in [2.45, 2.75) is 26.9 Å². The molecular weight excluding hydrogens is 394 g/mol. The summed E-state index contributed by atoms with van der Waals surface area (Å²) >= 11 is 0. The molecule has 2 aromatic carbocycles. The fraction of sp³-hybridized carbons (Fsp3) is 0.167. The minimum absolute atomic E-state index is 0.348. The van der Waals surface area contributed by atoms with Gasteiger partial charge in [-0.05, 0) is 39.0 Å². The van der Waals surface area contributed by atoms with Crippen LogP contribution in [0.5, 0.6) is 0 Å². The largest absolute Gasteiger partial charge is 0.449 e. The van der Waals surface area contributed by atoms with Crippen LogP contribution in [0.15, 0.2) is 65.5 Å². The second kappa shape index (κ2) is 8.02. The summed E-state index contributed by atoms with van der Waals surface area (Å²) < 4.78 is 6.85. The third kappa shape index (κ3) is 3.77. The Morgan fingerprint density at radius 3 is 2.45 bits per heavy atom. The molecule has 4 rings (SSSR count). The van der Waals surface area contributed by atoms with Crippen molar-refractivity contribution in [3.63, 3.8) is 0 Å². The highest BCUT2D eigenvalue weighted by Gasteiger charge is 2.26. The van der Waals surface area contributed by atoms with E-state index in [1.165, 1.54) is 17.7 Å². The van der Waals surface area contributed by atoms with Crippen molar-refractivity contribution in [2.75, 3.05) is 0 Å². The molecule has 2 heterocycles. The average molecular weight is 415 g/mol. The summed E-state index contributed by atoms with van der Waals surface area (Å²) in [7, 11) is 0. The number of aryl methyl sites for hydroxylation is 2. The lowest BCUT2D eigenvalue weighted by Crippen LogP contribution is -2.30. The number of nitrogens with zero attached hydrogens (tertiary/aromatic N) is 2. The zero-order valence-electron chi connectivity index (χ0n) is 17.4. The van der Waals surface area contributed by atoms with Crippen LogP contribution in [-0.2, 0) is 4.74 Å². The molecule has 156 valence electrons. The van der Waals surface area contributed by atoms with E-state index in [-0.39, 0.29) is 11.5 Å². The summed E-state index contributed by atoms with van der Waals surface area (Å²) in [4.78, 5) is 41.3. The van der Waals surface area contributed by atoms with Crippen molar-refractivity contribution >= 4 is 22.7 Å². The SMILES string of the molecule is Cc1[nH]c2ccccc2c1C(=O)C(C)OC(=O)c1nn(-c2ccccc2)c(C)cc1=O. The van der Waals surface area contributed by atoms with Crippen LogP contribution in [0, 0.1) is 13.8 Å². The van der Waals surface area contributed by atoms with Crippen molar-refractivity contribution < 1.29 is 14.3 Å². The van der Waals surface area contributed by atoms with Gasteiger partial charge in [-0.1, -0.05) is 36.4 Å². The van der Waals surface area contributed by atoms with Crippen LogP contribution < -0.4 is 5.43 Å². The van der Waals surface area contributed by atoms with Gasteiger partial charge in [-0.25, -0.2) is 9.48 Å². The number of benzene rings is 2. The van der Waals surface area contributed by atoms with Gasteiger partial charge in [0.05, 0.1) is 5.69 Å². The number of ketones is 1. The number of aromatic amines is 1. The number of Topliss-reactive ketones (excluding diaryl/α,β-unsaturated/α-hetero) is 1. The minimum atomic E-state index is -1.09. The first-order valence-corrected chi connectivity index (χ1v) is 9.85. The highest BCUT2D eigenvalue weighted by atomic mass is 16.5. The molecule has 0 radical (unpaired) electrons. The molecule has 2 aromatic heterocycles. The second-order valence-corrected chi connectivity index (χ2v) is 7.33. The van der Waals surface area contributed by atoms with Crippen LogP contribution in [0.25, 0.3) is 16.6 Å². The number of aromatic nitrogens is 3. The first-order valence-electron chi connectivity index (χ1n) is 9.85. The van der Waals surface area contributed by atoms with Crippen molar-refractivity contribution in [3.8, 4) is 5.69 Å². The van der Waals surface area contributed by atoms with Crippen molar-refractivity contribution in [3.05, 3.63) is 93.5 Å². The Bertz CT molecular complexity index is 1350. The van der Waals surface area contributed by atoms with Crippen LogP contribution in [0.2, 0.25) is 0 Å². The van der Waals surface area contributed by atoms with E-state index in [0.717, 1.165) is 10.9 Å². The maximum atomic E-state index is 13.0. The number of hydrogen-bond acceptors (Lipinski definition) is 5. The quantitative estimate of drug-likeness (QED) is 0.396. The molecule has 0 fully saturated rings. The molecule has 0 saturated heterocycles. The molecule has 0 bridgehead atoms. The van der Waals surface area contributed by atoms with Gasteiger partial charge in [0.15, 0.2) is 6.10 Å². The Kier molecular flexibility index (Phi) is 5.25. The Morgan fingerprint density at radius 2 is 1.71 bits per heavy atom. The molecule has 0 aliphatic carbocycles. The van der Waals surface area contributed by atoms with Gasteiger partial charge >= 0.3 is 5.97 Å². The van der Waals surface area contributed by atoms with Gasteiger partial charge in [0.2, 0.25) is 16.9 Å². The Labute approximate surface area is 178 Å². The van der Waals surface area contributed by atoms with Crippen molar-refractivity contribution in [1.82, 2.24) is 14.8 Å². The average Bonchev–Trinajstić information content (AvgIpc) is 3.09. The topological polar surface area (TPSA) is 94.1 Å². The van der Waals surface area contributed by atoms with Crippen LogP contribution in [0.1, 0.15) is 39.2 Å². The molecule has 0 saturated carbocycles. The van der Waals surface area contributed by atoms with Crippen molar-refractivity contribution in [2.24, 2.45) is 0 Å². The van der Waals surface area contributed by atoms with Gasteiger partial charge in [0.25, 0.3) is 0 Å². The summed E-state index contributed by atoms with van der Waals surface area (Å²) in [5.41, 5.74) is 2.33. The number of ether oxygens (including phenoxy) is 1. The molecule has 31 heavy (non-hydrogen) atoms. The fourth-order valence-corrected chi connectivity index (χ4v) is 3.59. The van der Waals surface area contributed by atoms with Crippen LogP contribution in [-0.4, -0.2) is 32.6 Å². The molecule has 0 spiro atoms. The van der Waals surface area contributed by atoms with Gasteiger partial charge in [-0.3, -0.25) is 9.59 Å². The van der Waals surface area contributed by atoms with E-state index in [2.05, 4.69) is 10.1 Å². The second-order valence-electron chi connectivity index (χ2n) is 7.33. The van der Waals surface area contributed by atoms with E-state index in [1.54, 1.807) is 13.8 Å². The molecule has 4 aromatic rings. The number of carbonyl (C=O) groups is 2. The van der Waals surface area contributed by atoms with Gasteiger partial charge in [0, 0.05) is 33.9 Å². The van der Waals surface area contributed by atoms with E-state index in [0.29, 0.717) is 22.6 Å². The normalized spacial score (nSPS) is 12.0. The van der Waals surface area contributed by atoms with Crippen molar-refractivity contribution in [1.29, 1.82) is 0 Å². The molecule has 1 unspecified atom stereocenters. The Hall–Kier alpha value is -4.00. The maximum Gasteiger partial charge on any atom is 0.363 e. The number of rotatable bonds is 5. The third-order valence-corrected chi connectivity index (χ3v) is 5.09. The molecular formula is C24H21N3O4. The van der Waals surface area contributed by atoms with E-state index < -0.39 is 17.5 Å². The first-order chi connectivity index (χ1) is 14.9. The summed E-state index contributed by atoms with van der Waals surface area (Å²) in [5.74, 6) is -1.29. The number of para-hydroxylation sites is 2. The fourth-order valence-electron chi connectivity index (χ4n) is 3.59. The molecule has 0 aliphatic rings. The number of carbonyl (C=O) groups excluding carboxylic acids is 2. The summed E-state index contributed by atoms with van der Waals surface area (Å²) in [6.45, 7) is 5.01. The lowest BCUT2D eigenvalue weighted by molar-refractivity contribution is 0.0310. The Morgan fingerprint density at radius 1 is 1.03 bits per heavy atom. The predicted octanol–water partition coefficient (Wildman–Crippen LogP) is 3.76. The monoisotopic (exact) mass is 415 g/mol. The molecule has 7 heteroatoms. The first kappa shape index (κ1) is 20.3. The Balaban J connectivity index is 1.63. The van der Waals surface area contributed by atoms with Gasteiger partial charge in [-0.2, -0.15) is 5.10 Å². The molecule has 7 nitrogen and oxygen atoms in total. The zero-order valence-corrected chi connectivity index (χ0v) is 17.4. The van der Waals surface area contributed by atoms with E-state index in [4.69, 9.17) is 4.74 Å². The molecule has 1 N–H and O–H groups in total.